The minimum Gasteiger partial charge on any atom is -0.379 e. The Hall–Kier alpha value is -2.70. The van der Waals surface area contributed by atoms with E-state index in [1.54, 1.807) is 11.0 Å². The van der Waals surface area contributed by atoms with Crippen LogP contribution in [0, 0.1) is 13.8 Å². The first-order valence-electron chi connectivity index (χ1n) is 6.23. The van der Waals surface area contributed by atoms with Crippen molar-refractivity contribution in [3.8, 4) is 5.69 Å². The van der Waals surface area contributed by atoms with Gasteiger partial charge in [0.15, 0.2) is 0 Å². The van der Waals surface area contributed by atoms with Crippen molar-refractivity contribution in [1.82, 2.24) is 25.4 Å². The number of aryl methyl sites for hydroxylation is 2. The van der Waals surface area contributed by atoms with E-state index in [2.05, 4.69) is 26.0 Å². The Kier molecular flexibility index (Phi) is 3.16. The van der Waals surface area contributed by atoms with Gasteiger partial charge in [-0.1, -0.05) is 17.3 Å². The first kappa shape index (κ1) is 12.3. The third kappa shape index (κ3) is 2.25. The standard InChI is InChI=1S/C13H14N6O/c1-9-11(10(2)20-16-9)7-14-12-5-3-4-6-13(12)19-8-15-17-18-19/h3-6,8,14H,7H2,1-2H3. The molecule has 0 amide bonds. The lowest BCUT2D eigenvalue weighted by Crippen LogP contribution is -2.06. The molecule has 0 fully saturated rings. The number of benzene rings is 1. The summed E-state index contributed by atoms with van der Waals surface area (Å²) in [5, 5.41) is 18.5. The highest BCUT2D eigenvalue weighted by molar-refractivity contribution is 5.60. The van der Waals surface area contributed by atoms with Crippen LogP contribution in [-0.2, 0) is 6.54 Å². The molecule has 0 aliphatic heterocycles. The van der Waals surface area contributed by atoms with Crippen LogP contribution in [0.4, 0.5) is 5.69 Å². The van der Waals surface area contributed by atoms with Gasteiger partial charge < -0.3 is 9.84 Å². The van der Waals surface area contributed by atoms with Crippen LogP contribution in [-0.4, -0.2) is 25.4 Å². The SMILES string of the molecule is Cc1noc(C)c1CNc1ccccc1-n1cnnn1. The van der Waals surface area contributed by atoms with Gasteiger partial charge in [0.1, 0.15) is 12.1 Å². The number of nitrogens with zero attached hydrogens (tertiary/aromatic N) is 5. The fraction of sp³-hybridized carbons (Fsp3) is 0.231. The maximum atomic E-state index is 5.16. The predicted octanol–water partition coefficient (Wildman–Crippen LogP) is 1.88. The molecular formula is C13H14N6O. The number of nitrogens with one attached hydrogen (secondary N) is 1. The van der Waals surface area contributed by atoms with Crippen molar-refractivity contribution in [3.05, 3.63) is 47.6 Å². The number of tetrazole rings is 1. The maximum absolute atomic E-state index is 5.16. The summed E-state index contributed by atoms with van der Waals surface area (Å²) < 4.78 is 6.78. The van der Waals surface area contributed by atoms with E-state index in [9.17, 15) is 0 Å². The van der Waals surface area contributed by atoms with Crippen LogP contribution in [0.25, 0.3) is 5.69 Å². The summed E-state index contributed by atoms with van der Waals surface area (Å²) in [6.45, 7) is 4.48. The normalized spacial score (nSPS) is 10.7. The molecule has 0 radical (unpaired) electrons. The average Bonchev–Trinajstić information content (AvgIpc) is 3.09. The molecule has 0 spiro atoms. The summed E-state index contributed by atoms with van der Waals surface area (Å²) in [7, 11) is 0. The average molecular weight is 270 g/mol. The van der Waals surface area contributed by atoms with Gasteiger partial charge in [0.25, 0.3) is 0 Å². The zero-order valence-electron chi connectivity index (χ0n) is 11.2. The molecule has 1 N–H and O–H groups in total. The number of anilines is 1. The van der Waals surface area contributed by atoms with Gasteiger partial charge in [-0.05, 0) is 36.4 Å². The molecule has 0 saturated heterocycles. The quantitative estimate of drug-likeness (QED) is 0.779. The Bertz CT molecular complexity index is 684. The largest absolute Gasteiger partial charge is 0.379 e. The molecule has 2 aromatic heterocycles. The lowest BCUT2D eigenvalue weighted by molar-refractivity contribution is 0.392. The molecule has 102 valence electrons. The Labute approximate surface area is 115 Å². The van der Waals surface area contributed by atoms with E-state index in [0.717, 1.165) is 28.4 Å². The fourth-order valence-electron chi connectivity index (χ4n) is 2.03. The topological polar surface area (TPSA) is 81.7 Å². The van der Waals surface area contributed by atoms with Crippen LogP contribution < -0.4 is 5.32 Å². The minimum absolute atomic E-state index is 0.639. The highest BCUT2D eigenvalue weighted by Gasteiger charge is 2.10. The Morgan fingerprint density at radius 1 is 1.25 bits per heavy atom. The van der Waals surface area contributed by atoms with Gasteiger partial charge in [0, 0.05) is 12.1 Å². The van der Waals surface area contributed by atoms with E-state index in [1.165, 1.54) is 0 Å². The smallest absolute Gasteiger partial charge is 0.143 e. The molecule has 20 heavy (non-hydrogen) atoms. The van der Waals surface area contributed by atoms with Gasteiger partial charge in [0.05, 0.1) is 17.1 Å². The van der Waals surface area contributed by atoms with Gasteiger partial charge in [-0.3, -0.25) is 0 Å². The van der Waals surface area contributed by atoms with E-state index in [4.69, 9.17) is 4.52 Å². The fourth-order valence-corrected chi connectivity index (χ4v) is 2.03. The second kappa shape index (κ2) is 5.12. The van der Waals surface area contributed by atoms with Gasteiger partial charge in [-0.2, -0.15) is 4.68 Å². The molecule has 0 atom stereocenters. The molecule has 0 bridgehead atoms. The van der Waals surface area contributed by atoms with Crippen molar-refractivity contribution in [3.63, 3.8) is 0 Å². The lowest BCUT2D eigenvalue weighted by Gasteiger charge is -2.10. The highest BCUT2D eigenvalue weighted by Crippen LogP contribution is 2.20. The summed E-state index contributed by atoms with van der Waals surface area (Å²) in [5.41, 5.74) is 3.80. The third-order valence-electron chi connectivity index (χ3n) is 3.14. The first-order chi connectivity index (χ1) is 9.75. The second-order valence-electron chi connectivity index (χ2n) is 4.43. The highest BCUT2D eigenvalue weighted by atomic mass is 16.5. The Morgan fingerprint density at radius 2 is 2.10 bits per heavy atom. The molecule has 0 aliphatic rings. The third-order valence-corrected chi connectivity index (χ3v) is 3.14. The van der Waals surface area contributed by atoms with Crippen molar-refractivity contribution in [2.45, 2.75) is 20.4 Å². The number of hydrogen-bond acceptors (Lipinski definition) is 6. The van der Waals surface area contributed by atoms with Crippen molar-refractivity contribution in [2.75, 3.05) is 5.32 Å². The molecule has 7 nitrogen and oxygen atoms in total. The van der Waals surface area contributed by atoms with E-state index >= 15 is 0 Å². The molecule has 7 heteroatoms. The molecule has 2 heterocycles. The number of rotatable bonds is 4. The van der Waals surface area contributed by atoms with Gasteiger partial charge in [0.2, 0.25) is 0 Å². The van der Waals surface area contributed by atoms with Crippen LogP contribution in [0.1, 0.15) is 17.0 Å². The zero-order chi connectivity index (χ0) is 13.9. The first-order valence-corrected chi connectivity index (χ1v) is 6.23. The molecule has 0 aliphatic carbocycles. The molecule has 3 rings (SSSR count). The van der Waals surface area contributed by atoms with E-state index in [0.29, 0.717) is 6.54 Å². The van der Waals surface area contributed by atoms with Crippen molar-refractivity contribution in [1.29, 1.82) is 0 Å². The van der Waals surface area contributed by atoms with Crippen molar-refractivity contribution < 1.29 is 4.52 Å². The number of para-hydroxylation sites is 2. The molecule has 0 unspecified atom stereocenters. The van der Waals surface area contributed by atoms with E-state index in [1.807, 2.05) is 38.1 Å². The summed E-state index contributed by atoms with van der Waals surface area (Å²) in [6.07, 6.45) is 1.57. The second-order valence-corrected chi connectivity index (χ2v) is 4.43. The van der Waals surface area contributed by atoms with E-state index < -0.39 is 0 Å². The number of aromatic nitrogens is 5. The van der Waals surface area contributed by atoms with Gasteiger partial charge in [-0.15, -0.1) is 5.10 Å². The van der Waals surface area contributed by atoms with E-state index in [-0.39, 0.29) is 0 Å². The zero-order valence-corrected chi connectivity index (χ0v) is 11.2. The monoisotopic (exact) mass is 270 g/mol. The summed E-state index contributed by atoms with van der Waals surface area (Å²) in [5.74, 6) is 0.829. The van der Waals surface area contributed by atoms with Gasteiger partial charge in [-0.25, -0.2) is 0 Å². The molecule has 0 saturated carbocycles. The Balaban J connectivity index is 1.85. The van der Waals surface area contributed by atoms with Crippen LogP contribution in [0.3, 0.4) is 0 Å². The number of hydrogen-bond donors (Lipinski definition) is 1. The van der Waals surface area contributed by atoms with Crippen LogP contribution >= 0.6 is 0 Å². The van der Waals surface area contributed by atoms with Crippen LogP contribution in [0.5, 0.6) is 0 Å². The molecule has 3 aromatic rings. The summed E-state index contributed by atoms with van der Waals surface area (Å²) in [4.78, 5) is 0. The lowest BCUT2D eigenvalue weighted by atomic mass is 10.2. The summed E-state index contributed by atoms with van der Waals surface area (Å²) in [6, 6.07) is 7.84. The molecule has 1 aromatic carbocycles. The predicted molar refractivity (Wildman–Crippen MR) is 72.5 cm³/mol. The van der Waals surface area contributed by atoms with Crippen molar-refractivity contribution in [2.24, 2.45) is 0 Å². The van der Waals surface area contributed by atoms with Gasteiger partial charge >= 0.3 is 0 Å². The summed E-state index contributed by atoms with van der Waals surface area (Å²) >= 11 is 0. The molecular weight excluding hydrogens is 256 g/mol. The maximum Gasteiger partial charge on any atom is 0.143 e. The Morgan fingerprint density at radius 3 is 2.80 bits per heavy atom. The van der Waals surface area contributed by atoms with Crippen LogP contribution in [0.2, 0.25) is 0 Å². The van der Waals surface area contributed by atoms with Crippen molar-refractivity contribution >= 4 is 5.69 Å². The minimum atomic E-state index is 0.639. The van der Waals surface area contributed by atoms with Crippen LogP contribution in [0.15, 0.2) is 35.1 Å².